The number of amides is 1. The monoisotopic (exact) mass is 485 g/mol. The highest BCUT2D eigenvalue weighted by Crippen LogP contribution is 2.52. The summed E-state index contributed by atoms with van der Waals surface area (Å²) in [5, 5.41) is 4.29. The van der Waals surface area contributed by atoms with Crippen LogP contribution >= 0.6 is 11.6 Å². The molecule has 5 aliphatic rings. The fourth-order valence-electron chi connectivity index (χ4n) is 5.94. The Kier molecular flexibility index (Phi) is 5.42. The van der Waals surface area contributed by atoms with E-state index >= 15 is 0 Å². The van der Waals surface area contributed by atoms with Crippen molar-refractivity contribution in [3.63, 3.8) is 0 Å². The Labute approximate surface area is 202 Å². The van der Waals surface area contributed by atoms with Crippen LogP contribution in [0.3, 0.4) is 0 Å². The topological polar surface area (TPSA) is 84.4 Å². The Morgan fingerprint density at radius 3 is 2.82 bits per heavy atom. The maximum atomic E-state index is 12.7. The molecular formula is C24H28ClN5O2S. The summed E-state index contributed by atoms with van der Waals surface area (Å²) in [6.07, 6.45) is 10.8. The molecule has 1 N–H and O–H groups in total. The number of hydrogen-bond donors (Lipinski definition) is 1. The normalized spacial score (nSPS) is 29.2. The molecule has 9 heteroatoms. The zero-order valence-corrected chi connectivity index (χ0v) is 20.3. The Hall–Kier alpha value is -2.03. The lowest BCUT2D eigenvalue weighted by Crippen LogP contribution is -2.43. The zero-order valence-electron chi connectivity index (χ0n) is 18.7. The van der Waals surface area contributed by atoms with Gasteiger partial charge in [0.1, 0.15) is 11.4 Å². The summed E-state index contributed by atoms with van der Waals surface area (Å²) < 4.78 is 12.7. The van der Waals surface area contributed by atoms with Crippen LogP contribution in [0.5, 0.6) is 0 Å². The number of nitrogens with zero attached hydrogens (tertiary/aromatic N) is 4. The molecule has 6 rings (SSSR count). The van der Waals surface area contributed by atoms with Gasteiger partial charge >= 0.3 is 0 Å². The number of hydrogen-bond acceptors (Lipinski definition) is 6. The average Bonchev–Trinajstić information content (AvgIpc) is 3.17. The summed E-state index contributed by atoms with van der Waals surface area (Å²) in [5.41, 5.74) is 3.34. The van der Waals surface area contributed by atoms with Crippen LogP contribution in [0.4, 0.5) is 11.8 Å². The van der Waals surface area contributed by atoms with Crippen LogP contribution in [0.1, 0.15) is 31.4 Å². The van der Waals surface area contributed by atoms with E-state index in [2.05, 4.69) is 22.4 Å². The van der Waals surface area contributed by atoms with Crippen molar-refractivity contribution in [3.8, 4) is 0 Å². The highest BCUT2D eigenvalue weighted by Gasteiger charge is 2.43. The van der Waals surface area contributed by atoms with E-state index in [1.807, 2.05) is 6.08 Å². The Bertz CT molecular complexity index is 1090. The van der Waals surface area contributed by atoms with E-state index < -0.39 is 11.2 Å². The number of aromatic nitrogens is 2. The second-order valence-electron chi connectivity index (χ2n) is 9.75. The number of anilines is 2. The first-order valence-electron chi connectivity index (χ1n) is 11.8. The molecule has 1 saturated heterocycles. The summed E-state index contributed by atoms with van der Waals surface area (Å²) in [6, 6.07) is 0. The number of halogens is 1. The molecule has 2 bridgehead atoms. The van der Waals surface area contributed by atoms with Crippen LogP contribution in [0.2, 0.25) is 0 Å². The molecule has 1 aromatic rings. The number of allylic oxidation sites excluding steroid dienone is 4. The molecule has 174 valence electrons. The molecule has 33 heavy (non-hydrogen) atoms. The van der Waals surface area contributed by atoms with Crippen molar-refractivity contribution in [2.75, 3.05) is 42.7 Å². The third kappa shape index (κ3) is 3.86. The highest BCUT2D eigenvalue weighted by atomic mass is 35.5. The van der Waals surface area contributed by atoms with Gasteiger partial charge in [0.15, 0.2) is 5.82 Å². The van der Waals surface area contributed by atoms with Crippen molar-refractivity contribution in [2.24, 2.45) is 17.8 Å². The third-order valence-corrected chi connectivity index (χ3v) is 9.39. The number of likely N-dealkylation sites (N-methyl/N-ethyl adjacent to an activating group) is 1. The van der Waals surface area contributed by atoms with Crippen molar-refractivity contribution in [3.05, 3.63) is 40.2 Å². The minimum Gasteiger partial charge on any atom is -0.611 e. The first-order chi connectivity index (χ1) is 16.0. The lowest BCUT2D eigenvalue weighted by atomic mass is 9.59. The van der Waals surface area contributed by atoms with Crippen LogP contribution in [0.25, 0.3) is 0 Å². The van der Waals surface area contributed by atoms with Crippen LogP contribution in [-0.2, 0) is 22.4 Å². The lowest BCUT2D eigenvalue weighted by molar-refractivity contribution is -0.129. The molecule has 0 spiro atoms. The molecule has 1 saturated carbocycles. The van der Waals surface area contributed by atoms with Crippen molar-refractivity contribution in [2.45, 2.75) is 37.0 Å². The molecule has 7 nitrogen and oxygen atoms in total. The number of nitrogens with one attached hydrogen (secondary N) is 1. The van der Waals surface area contributed by atoms with E-state index in [0.29, 0.717) is 48.7 Å². The molecule has 1 amide bonds. The largest absolute Gasteiger partial charge is 0.611 e. The van der Waals surface area contributed by atoms with Crippen LogP contribution < -0.4 is 10.2 Å². The van der Waals surface area contributed by atoms with Gasteiger partial charge in [0.2, 0.25) is 16.8 Å². The van der Waals surface area contributed by atoms with Gasteiger partial charge in [-0.15, -0.1) is 0 Å². The minimum atomic E-state index is -1.09. The van der Waals surface area contributed by atoms with Gasteiger partial charge < -0.3 is 19.7 Å². The van der Waals surface area contributed by atoms with Gasteiger partial charge in [0.25, 0.3) is 0 Å². The van der Waals surface area contributed by atoms with Crippen LogP contribution in [0, 0.1) is 17.8 Å². The number of piperidine rings is 1. The maximum absolute atomic E-state index is 12.7. The van der Waals surface area contributed by atoms with Crippen molar-refractivity contribution >= 4 is 40.5 Å². The first-order valence-corrected chi connectivity index (χ1v) is 13.5. The van der Waals surface area contributed by atoms with E-state index in [4.69, 9.17) is 21.6 Å². The summed E-state index contributed by atoms with van der Waals surface area (Å²) in [6.45, 7) is 2.36. The SMILES string of the molecule is CN1CC(Nc2nc(N3CCC(C4C5=CC(Cl)=CC4C5)CC3)nc3c2[S+]([O-])CC3)=CCC1=O. The van der Waals surface area contributed by atoms with Gasteiger partial charge in [-0.2, -0.15) is 4.98 Å². The van der Waals surface area contributed by atoms with Crippen molar-refractivity contribution in [1.82, 2.24) is 14.9 Å². The van der Waals surface area contributed by atoms with E-state index in [1.54, 1.807) is 11.9 Å². The molecule has 4 heterocycles. The predicted molar refractivity (Wildman–Crippen MR) is 130 cm³/mol. The van der Waals surface area contributed by atoms with E-state index in [9.17, 15) is 9.35 Å². The molecule has 2 fully saturated rings. The predicted octanol–water partition coefficient (Wildman–Crippen LogP) is 3.21. The van der Waals surface area contributed by atoms with Gasteiger partial charge in [-0.05, 0) is 54.3 Å². The minimum absolute atomic E-state index is 0.102. The molecule has 3 aliphatic heterocycles. The quantitative estimate of drug-likeness (QED) is 0.659. The fraction of sp³-hybridized carbons (Fsp3) is 0.542. The third-order valence-electron chi connectivity index (χ3n) is 7.70. The molecule has 2 aliphatic carbocycles. The molecular weight excluding hydrogens is 458 g/mol. The van der Waals surface area contributed by atoms with E-state index in [-0.39, 0.29) is 5.91 Å². The maximum Gasteiger partial charge on any atom is 0.227 e. The second-order valence-corrected chi connectivity index (χ2v) is 11.7. The average molecular weight is 486 g/mol. The fourth-order valence-corrected chi connectivity index (χ4v) is 7.54. The first kappa shape index (κ1) is 21.5. The van der Waals surface area contributed by atoms with Gasteiger partial charge in [-0.1, -0.05) is 29.3 Å². The molecule has 3 unspecified atom stereocenters. The Morgan fingerprint density at radius 2 is 2.09 bits per heavy atom. The number of rotatable bonds is 4. The highest BCUT2D eigenvalue weighted by molar-refractivity contribution is 7.91. The number of carbonyl (C=O) groups is 1. The summed E-state index contributed by atoms with van der Waals surface area (Å²) in [4.78, 5) is 26.2. The Balaban J connectivity index is 1.20. The summed E-state index contributed by atoms with van der Waals surface area (Å²) >= 11 is 5.12. The summed E-state index contributed by atoms with van der Waals surface area (Å²) in [5.74, 6) is 4.02. The molecule has 1 aromatic heterocycles. The second kappa shape index (κ2) is 8.32. The van der Waals surface area contributed by atoms with Gasteiger partial charge in [-0.3, -0.25) is 4.79 Å². The van der Waals surface area contributed by atoms with Gasteiger partial charge in [-0.25, -0.2) is 4.98 Å². The number of fused-ring (bicyclic) bond motifs is 3. The standard InChI is InChI=1S/C24H28ClN5O2S/c1-29-13-18(2-3-20(29)31)26-23-22-19(6-9-33(22)32)27-24(28-23)30-7-4-14(5-8-30)21-15-10-16(21)12-17(25)11-15/h2,11-12,14-15,21H,3-10,13H2,1H3,(H,26,27,28). The zero-order chi connectivity index (χ0) is 22.7. The molecule has 3 atom stereocenters. The summed E-state index contributed by atoms with van der Waals surface area (Å²) in [7, 11) is 1.80. The number of carbonyl (C=O) groups excluding carboxylic acids is 1. The van der Waals surface area contributed by atoms with Crippen LogP contribution in [0.15, 0.2) is 39.4 Å². The Morgan fingerprint density at radius 1 is 1.27 bits per heavy atom. The molecule has 0 aromatic carbocycles. The van der Waals surface area contributed by atoms with Crippen molar-refractivity contribution < 1.29 is 9.35 Å². The van der Waals surface area contributed by atoms with E-state index in [0.717, 1.165) is 53.2 Å². The van der Waals surface area contributed by atoms with Crippen LogP contribution in [-0.4, -0.2) is 57.8 Å². The molecule has 0 radical (unpaired) electrons. The van der Waals surface area contributed by atoms with E-state index in [1.165, 1.54) is 12.0 Å². The van der Waals surface area contributed by atoms with Crippen molar-refractivity contribution in [1.29, 1.82) is 0 Å². The number of aryl methyl sites for hydroxylation is 1. The lowest BCUT2D eigenvalue weighted by Gasteiger charge is -2.48. The van der Waals surface area contributed by atoms with Gasteiger partial charge in [0, 0.05) is 43.7 Å². The smallest absolute Gasteiger partial charge is 0.227 e. The van der Waals surface area contributed by atoms with Gasteiger partial charge in [0.05, 0.1) is 6.54 Å².